The largest absolute Gasteiger partial charge is 0.472 e. The predicted octanol–water partition coefficient (Wildman–Crippen LogP) is 26.4. The van der Waals surface area contributed by atoms with Crippen LogP contribution in [0.3, 0.4) is 0 Å². The van der Waals surface area contributed by atoms with Crippen LogP contribution < -0.4 is 5.73 Å². The summed E-state index contributed by atoms with van der Waals surface area (Å²) in [6, 6.07) is 0. The Kier molecular flexibility index (Phi) is 74.3. The van der Waals surface area contributed by atoms with Crippen molar-refractivity contribution < 1.29 is 37.6 Å². The number of rotatable bonds is 76. The Morgan fingerprint density at radius 2 is 0.611 bits per heavy atom. The van der Waals surface area contributed by atoms with Crippen molar-refractivity contribution in [2.75, 3.05) is 26.4 Å². The zero-order chi connectivity index (χ0) is 65.1. The van der Waals surface area contributed by atoms with Crippen molar-refractivity contribution in [3.8, 4) is 0 Å². The van der Waals surface area contributed by atoms with Crippen molar-refractivity contribution >= 4 is 19.8 Å². The molecule has 0 aliphatic heterocycles. The van der Waals surface area contributed by atoms with Crippen LogP contribution >= 0.6 is 7.82 Å². The molecule has 3 N–H and O–H groups in total. The molecular weight excluding hydrogens is 1130 g/mol. The quantitative estimate of drug-likeness (QED) is 0.0264. The van der Waals surface area contributed by atoms with Crippen LogP contribution in [-0.2, 0) is 32.7 Å². The summed E-state index contributed by atoms with van der Waals surface area (Å²) in [5, 5.41) is 0. The van der Waals surface area contributed by atoms with Gasteiger partial charge in [0.25, 0.3) is 0 Å². The van der Waals surface area contributed by atoms with E-state index in [4.69, 9.17) is 24.3 Å². The molecule has 0 aromatic heterocycles. The van der Waals surface area contributed by atoms with Crippen molar-refractivity contribution in [3.63, 3.8) is 0 Å². The van der Waals surface area contributed by atoms with E-state index >= 15 is 0 Å². The van der Waals surface area contributed by atoms with Gasteiger partial charge in [0.05, 0.1) is 13.2 Å². The Morgan fingerprint density at radius 3 is 0.911 bits per heavy atom. The molecule has 0 spiro atoms. The lowest BCUT2D eigenvalue weighted by atomic mass is 10.0. The summed E-state index contributed by atoms with van der Waals surface area (Å²) >= 11 is 0. The number of hydrogen-bond donors (Lipinski definition) is 2. The third kappa shape index (κ3) is 75.0. The van der Waals surface area contributed by atoms with E-state index in [2.05, 4.69) is 62.5 Å². The first kappa shape index (κ1) is 88.0. The minimum Gasteiger partial charge on any atom is -0.462 e. The van der Waals surface area contributed by atoms with Gasteiger partial charge in [0, 0.05) is 19.4 Å². The zero-order valence-electron chi connectivity index (χ0n) is 59.9. The van der Waals surface area contributed by atoms with Crippen molar-refractivity contribution in [2.24, 2.45) is 5.73 Å². The number of phosphoric acid groups is 1. The molecule has 0 bridgehead atoms. The van der Waals surface area contributed by atoms with Crippen LogP contribution in [0, 0.1) is 0 Å². The molecule has 90 heavy (non-hydrogen) atoms. The maximum absolute atomic E-state index is 12.8. The fourth-order valence-corrected chi connectivity index (χ4v) is 12.9. The average molecular weight is 1290 g/mol. The fourth-order valence-electron chi connectivity index (χ4n) is 12.2. The van der Waals surface area contributed by atoms with Crippen molar-refractivity contribution in [3.05, 3.63) is 48.6 Å². The highest BCUT2D eigenvalue weighted by Crippen LogP contribution is 2.43. The standard InChI is InChI=1S/C80H152NO8P/c1-3-5-7-9-11-13-15-17-19-21-23-25-27-29-31-33-35-37-38-39-40-41-43-45-47-49-51-53-55-57-59-61-63-65-67-69-71-73-80(83)89-78(77-88-90(84,85)87-75-74-81)76-86-79(82)72-70-68-66-64-62-60-58-56-54-52-50-48-46-44-42-36-34-32-30-28-26-24-22-20-18-16-14-12-10-8-6-4-2/h5,7,11,13,17,19,23,25,78H,3-4,6,8-10,12,14-16,18,20-22,24,26-77,81H2,1-2H3,(H,84,85)/b7-5-,13-11-,19-17-,25-23-. The number of ether oxygens (including phenoxy) is 2. The van der Waals surface area contributed by atoms with Crippen LogP contribution in [0.4, 0.5) is 0 Å². The van der Waals surface area contributed by atoms with E-state index < -0.39 is 26.5 Å². The van der Waals surface area contributed by atoms with Gasteiger partial charge in [0.1, 0.15) is 6.61 Å². The first-order valence-electron chi connectivity index (χ1n) is 39.6. The number of carbonyl (C=O) groups excluding carboxylic acids is 2. The number of unbranched alkanes of at least 4 members (excludes halogenated alkanes) is 55. The molecule has 0 saturated carbocycles. The lowest BCUT2D eigenvalue weighted by molar-refractivity contribution is -0.161. The van der Waals surface area contributed by atoms with E-state index in [0.29, 0.717) is 6.42 Å². The summed E-state index contributed by atoms with van der Waals surface area (Å²) in [5.74, 6) is -0.800. The lowest BCUT2D eigenvalue weighted by Crippen LogP contribution is -2.29. The van der Waals surface area contributed by atoms with Crippen LogP contribution in [0.5, 0.6) is 0 Å². The first-order chi connectivity index (χ1) is 44.3. The Hall–Kier alpha value is -2.03. The third-order valence-electron chi connectivity index (χ3n) is 18.0. The van der Waals surface area contributed by atoms with Gasteiger partial charge in [0.15, 0.2) is 6.10 Å². The molecule has 0 aliphatic carbocycles. The number of nitrogens with two attached hydrogens (primary N) is 1. The van der Waals surface area contributed by atoms with Gasteiger partial charge in [-0.15, -0.1) is 0 Å². The lowest BCUT2D eigenvalue weighted by Gasteiger charge is -2.19. The van der Waals surface area contributed by atoms with Crippen LogP contribution in [0.1, 0.15) is 418 Å². The number of carbonyl (C=O) groups is 2. The van der Waals surface area contributed by atoms with Crippen molar-refractivity contribution in [1.29, 1.82) is 0 Å². The fraction of sp³-hybridized carbons (Fsp3) is 0.875. The molecule has 0 rings (SSSR count). The minimum absolute atomic E-state index is 0.0566. The summed E-state index contributed by atoms with van der Waals surface area (Å²) in [5.41, 5.74) is 5.42. The van der Waals surface area contributed by atoms with E-state index in [9.17, 15) is 19.0 Å². The summed E-state index contributed by atoms with van der Waals surface area (Å²) in [6.45, 7) is 3.72. The van der Waals surface area contributed by atoms with Crippen LogP contribution in [0.2, 0.25) is 0 Å². The van der Waals surface area contributed by atoms with Crippen molar-refractivity contribution in [1.82, 2.24) is 0 Å². The molecule has 0 aromatic rings. The van der Waals surface area contributed by atoms with E-state index in [1.807, 2.05) is 0 Å². The maximum atomic E-state index is 12.8. The Balaban J connectivity index is 3.75. The van der Waals surface area contributed by atoms with E-state index in [0.717, 1.165) is 57.8 Å². The van der Waals surface area contributed by atoms with Crippen LogP contribution in [0.15, 0.2) is 48.6 Å². The van der Waals surface area contributed by atoms with Gasteiger partial charge in [-0.1, -0.05) is 403 Å². The van der Waals surface area contributed by atoms with Gasteiger partial charge >= 0.3 is 19.8 Å². The third-order valence-corrected chi connectivity index (χ3v) is 19.0. The smallest absolute Gasteiger partial charge is 0.462 e. The van der Waals surface area contributed by atoms with Crippen LogP contribution in [-0.4, -0.2) is 49.3 Å². The molecule has 2 atom stereocenters. The topological polar surface area (TPSA) is 134 Å². The number of allylic oxidation sites excluding steroid dienone is 8. The molecule has 0 fully saturated rings. The molecule has 0 aromatic carbocycles. The molecular formula is C80H152NO8P. The van der Waals surface area contributed by atoms with E-state index in [-0.39, 0.29) is 38.6 Å². The molecule has 2 unspecified atom stereocenters. The van der Waals surface area contributed by atoms with Crippen LogP contribution in [0.25, 0.3) is 0 Å². The second-order valence-electron chi connectivity index (χ2n) is 26.9. The normalized spacial score (nSPS) is 13.1. The van der Waals surface area contributed by atoms with Gasteiger partial charge in [0.2, 0.25) is 0 Å². The Morgan fingerprint density at radius 1 is 0.344 bits per heavy atom. The molecule has 0 aliphatic rings. The van der Waals surface area contributed by atoms with Gasteiger partial charge in [-0.2, -0.15) is 0 Å². The van der Waals surface area contributed by atoms with Gasteiger partial charge in [-0.3, -0.25) is 18.6 Å². The highest BCUT2D eigenvalue weighted by atomic mass is 31.2. The van der Waals surface area contributed by atoms with Gasteiger partial charge < -0.3 is 20.1 Å². The Bertz CT molecular complexity index is 1620. The summed E-state index contributed by atoms with van der Waals surface area (Å²) < 4.78 is 33.3. The van der Waals surface area contributed by atoms with E-state index in [1.165, 1.54) is 327 Å². The molecule has 0 saturated heterocycles. The number of phosphoric ester groups is 1. The summed E-state index contributed by atoms with van der Waals surface area (Å²) in [7, 11) is -4.39. The second kappa shape index (κ2) is 76.0. The monoisotopic (exact) mass is 1290 g/mol. The van der Waals surface area contributed by atoms with E-state index in [1.54, 1.807) is 0 Å². The number of esters is 2. The molecule has 530 valence electrons. The predicted molar refractivity (Wildman–Crippen MR) is 390 cm³/mol. The summed E-state index contributed by atoms with van der Waals surface area (Å²) in [4.78, 5) is 35.5. The molecule has 0 heterocycles. The average Bonchev–Trinajstić information content (AvgIpc) is 3.75. The first-order valence-corrected chi connectivity index (χ1v) is 41.1. The maximum Gasteiger partial charge on any atom is 0.472 e. The highest BCUT2D eigenvalue weighted by Gasteiger charge is 2.26. The zero-order valence-corrected chi connectivity index (χ0v) is 60.8. The van der Waals surface area contributed by atoms with Gasteiger partial charge in [-0.25, -0.2) is 4.57 Å². The SMILES string of the molecule is CC/C=C\C/C=C\C/C=C\C/C=C\CCCCCCCCCCCCCCCCCCCCCCCCCCC(=O)OC(COC(=O)CCCCCCCCCCCCCCCCCCCCCCCCCCCCCCCCCC)COP(=O)(O)OCCN. The molecule has 0 radical (unpaired) electrons. The van der Waals surface area contributed by atoms with Gasteiger partial charge in [-0.05, 0) is 51.4 Å². The second-order valence-corrected chi connectivity index (χ2v) is 28.4. The molecule has 0 amide bonds. The summed E-state index contributed by atoms with van der Waals surface area (Å²) in [6.07, 6.45) is 98.3. The molecule has 10 heteroatoms. The molecule has 9 nitrogen and oxygen atoms in total. The number of hydrogen-bond acceptors (Lipinski definition) is 8. The Labute approximate surface area is 559 Å². The minimum atomic E-state index is -4.39. The van der Waals surface area contributed by atoms with Crippen molar-refractivity contribution in [2.45, 2.75) is 424 Å². The highest BCUT2D eigenvalue weighted by molar-refractivity contribution is 7.47.